The van der Waals surface area contributed by atoms with Crippen molar-refractivity contribution in [2.24, 2.45) is 0 Å². The second-order valence-corrected chi connectivity index (χ2v) is 8.04. The molecule has 26 heavy (non-hydrogen) atoms. The van der Waals surface area contributed by atoms with Gasteiger partial charge in [-0.25, -0.2) is 17.5 Å². The number of fused-ring (bicyclic) bond motifs is 1. The zero-order valence-electron chi connectivity index (χ0n) is 14.3. The Morgan fingerprint density at radius 2 is 2.00 bits per heavy atom. The third kappa shape index (κ3) is 3.70. The number of aromatic amines is 1. The van der Waals surface area contributed by atoms with E-state index in [-0.39, 0.29) is 22.3 Å². The molecular formula is C18H18ClFN2O3S. The van der Waals surface area contributed by atoms with Crippen molar-refractivity contribution in [3.05, 3.63) is 58.5 Å². The van der Waals surface area contributed by atoms with Gasteiger partial charge >= 0.3 is 0 Å². The van der Waals surface area contributed by atoms with E-state index in [1.165, 1.54) is 37.4 Å². The van der Waals surface area contributed by atoms with Crippen molar-refractivity contribution < 1.29 is 17.5 Å². The molecule has 0 aliphatic heterocycles. The highest BCUT2D eigenvalue weighted by Crippen LogP contribution is 2.27. The Morgan fingerprint density at radius 1 is 1.23 bits per heavy atom. The number of nitrogens with one attached hydrogen (secondary N) is 2. The van der Waals surface area contributed by atoms with Crippen LogP contribution in [0.1, 0.15) is 11.3 Å². The van der Waals surface area contributed by atoms with Gasteiger partial charge in [-0.1, -0.05) is 11.6 Å². The summed E-state index contributed by atoms with van der Waals surface area (Å²) in [4.78, 5) is 3.24. The lowest BCUT2D eigenvalue weighted by atomic mass is 10.1. The number of hydrogen-bond donors (Lipinski definition) is 2. The van der Waals surface area contributed by atoms with Crippen LogP contribution in [-0.2, 0) is 16.4 Å². The lowest BCUT2D eigenvalue weighted by Crippen LogP contribution is -2.26. The van der Waals surface area contributed by atoms with Gasteiger partial charge < -0.3 is 9.72 Å². The molecule has 0 bridgehead atoms. The SMILES string of the molecule is COc1ccc(S(=O)(=O)NCCc2c(C)[nH]c3ccc(F)cc23)cc1Cl. The highest BCUT2D eigenvalue weighted by molar-refractivity contribution is 7.89. The number of aromatic nitrogens is 1. The second kappa shape index (κ2) is 7.26. The Kier molecular flexibility index (Phi) is 5.22. The van der Waals surface area contributed by atoms with E-state index in [1.54, 1.807) is 6.07 Å². The highest BCUT2D eigenvalue weighted by Gasteiger charge is 2.16. The maximum absolute atomic E-state index is 13.5. The Labute approximate surface area is 156 Å². The molecule has 5 nitrogen and oxygen atoms in total. The first-order chi connectivity index (χ1) is 12.3. The van der Waals surface area contributed by atoms with Crippen LogP contribution in [0.4, 0.5) is 4.39 Å². The number of H-pyrrole nitrogens is 1. The van der Waals surface area contributed by atoms with E-state index in [1.807, 2.05) is 6.92 Å². The van der Waals surface area contributed by atoms with Crippen molar-refractivity contribution in [1.82, 2.24) is 9.71 Å². The first kappa shape index (κ1) is 18.7. The zero-order valence-corrected chi connectivity index (χ0v) is 15.8. The molecule has 2 aromatic carbocycles. The summed E-state index contributed by atoms with van der Waals surface area (Å²) in [7, 11) is -2.25. The van der Waals surface area contributed by atoms with Crippen molar-refractivity contribution in [3.63, 3.8) is 0 Å². The standard InChI is InChI=1S/C18H18ClFN2O3S/c1-11-14(15-9-12(20)3-5-17(15)22-11)7-8-21-26(23,24)13-4-6-18(25-2)16(19)10-13/h3-6,9-10,21-22H,7-8H2,1-2H3. The molecule has 2 N–H and O–H groups in total. The van der Waals surface area contributed by atoms with Crippen molar-refractivity contribution in [3.8, 4) is 5.75 Å². The molecule has 0 saturated heterocycles. The fraction of sp³-hybridized carbons (Fsp3) is 0.222. The van der Waals surface area contributed by atoms with Gasteiger partial charge in [0, 0.05) is 23.1 Å². The monoisotopic (exact) mass is 396 g/mol. The van der Waals surface area contributed by atoms with Gasteiger partial charge in [0.25, 0.3) is 0 Å². The average Bonchev–Trinajstić information content (AvgIpc) is 2.90. The minimum atomic E-state index is -3.71. The molecule has 0 saturated carbocycles. The average molecular weight is 397 g/mol. The first-order valence-electron chi connectivity index (χ1n) is 7.92. The number of sulfonamides is 1. The predicted molar refractivity (Wildman–Crippen MR) is 99.9 cm³/mol. The molecule has 3 rings (SSSR count). The smallest absolute Gasteiger partial charge is 0.240 e. The molecule has 0 radical (unpaired) electrons. The first-order valence-corrected chi connectivity index (χ1v) is 9.78. The Bertz CT molecular complexity index is 1060. The van der Waals surface area contributed by atoms with Crippen LogP contribution >= 0.6 is 11.6 Å². The van der Waals surface area contributed by atoms with Gasteiger partial charge in [0.15, 0.2) is 0 Å². The summed E-state index contributed by atoms with van der Waals surface area (Å²) in [5, 5.41) is 0.979. The second-order valence-electron chi connectivity index (χ2n) is 5.86. The maximum atomic E-state index is 13.5. The Morgan fingerprint density at radius 3 is 2.69 bits per heavy atom. The normalized spacial score (nSPS) is 11.8. The zero-order chi connectivity index (χ0) is 18.9. The molecule has 0 unspecified atom stereocenters. The molecule has 0 aliphatic rings. The van der Waals surface area contributed by atoms with Crippen molar-refractivity contribution >= 4 is 32.5 Å². The molecule has 0 amide bonds. The minimum Gasteiger partial charge on any atom is -0.495 e. The summed E-state index contributed by atoms with van der Waals surface area (Å²) in [6.07, 6.45) is 0.429. The van der Waals surface area contributed by atoms with E-state index in [4.69, 9.17) is 16.3 Å². The number of aryl methyl sites for hydroxylation is 1. The topological polar surface area (TPSA) is 71.2 Å². The van der Waals surface area contributed by atoms with Crippen LogP contribution in [0.5, 0.6) is 5.75 Å². The lowest BCUT2D eigenvalue weighted by molar-refractivity contribution is 0.414. The molecule has 0 atom stereocenters. The number of hydrogen-bond acceptors (Lipinski definition) is 3. The molecule has 3 aromatic rings. The van der Waals surface area contributed by atoms with Crippen LogP contribution < -0.4 is 9.46 Å². The van der Waals surface area contributed by atoms with Crippen molar-refractivity contribution in [2.45, 2.75) is 18.2 Å². The molecule has 1 aromatic heterocycles. The van der Waals surface area contributed by atoms with Gasteiger partial charge in [0.1, 0.15) is 11.6 Å². The van der Waals surface area contributed by atoms with Gasteiger partial charge in [-0.3, -0.25) is 0 Å². The number of ether oxygens (including phenoxy) is 1. The molecule has 8 heteroatoms. The van der Waals surface area contributed by atoms with Crippen molar-refractivity contribution in [2.75, 3.05) is 13.7 Å². The summed E-state index contributed by atoms with van der Waals surface area (Å²) >= 11 is 5.99. The van der Waals surface area contributed by atoms with Crippen LogP contribution in [0.25, 0.3) is 10.9 Å². The fourth-order valence-electron chi connectivity index (χ4n) is 2.88. The number of halogens is 2. The van der Waals surface area contributed by atoms with E-state index in [0.717, 1.165) is 22.2 Å². The van der Waals surface area contributed by atoms with Gasteiger partial charge in [-0.05, 0) is 55.3 Å². The van der Waals surface area contributed by atoms with Gasteiger partial charge in [0.2, 0.25) is 10.0 Å². The molecule has 0 fully saturated rings. The maximum Gasteiger partial charge on any atom is 0.240 e. The van der Waals surface area contributed by atoms with Gasteiger partial charge in [-0.15, -0.1) is 0 Å². The predicted octanol–water partition coefficient (Wildman–Crippen LogP) is 3.80. The minimum absolute atomic E-state index is 0.0602. The summed E-state index contributed by atoms with van der Waals surface area (Å²) in [6.45, 7) is 2.06. The Balaban J connectivity index is 1.76. The van der Waals surface area contributed by atoms with E-state index < -0.39 is 10.0 Å². The van der Waals surface area contributed by atoms with Gasteiger partial charge in [0.05, 0.1) is 17.0 Å². The van der Waals surface area contributed by atoms with Crippen LogP contribution in [0, 0.1) is 12.7 Å². The molecule has 1 heterocycles. The number of benzene rings is 2. The molecule has 138 valence electrons. The lowest BCUT2D eigenvalue weighted by Gasteiger charge is -2.09. The third-order valence-electron chi connectivity index (χ3n) is 4.18. The molecule has 0 aliphatic carbocycles. The van der Waals surface area contributed by atoms with Crippen molar-refractivity contribution in [1.29, 1.82) is 0 Å². The third-order valence-corrected chi connectivity index (χ3v) is 5.94. The van der Waals surface area contributed by atoms with Crippen LogP contribution in [0.2, 0.25) is 5.02 Å². The van der Waals surface area contributed by atoms with E-state index in [0.29, 0.717) is 12.2 Å². The number of methoxy groups -OCH3 is 1. The number of rotatable bonds is 6. The summed E-state index contributed by atoms with van der Waals surface area (Å²) in [6, 6.07) is 8.78. The summed E-state index contributed by atoms with van der Waals surface area (Å²) < 4.78 is 46.0. The summed E-state index contributed by atoms with van der Waals surface area (Å²) in [5.74, 6) is 0.0771. The van der Waals surface area contributed by atoms with E-state index in [2.05, 4.69) is 9.71 Å². The molecular weight excluding hydrogens is 379 g/mol. The van der Waals surface area contributed by atoms with E-state index in [9.17, 15) is 12.8 Å². The fourth-order valence-corrected chi connectivity index (χ4v) is 4.26. The van der Waals surface area contributed by atoms with E-state index >= 15 is 0 Å². The van der Waals surface area contributed by atoms with Gasteiger partial charge in [-0.2, -0.15) is 0 Å². The summed E-state index contributed by atoms with van der Waals surface area (Å²) in [5.41, 5.74) is 2.59. The highest BCUT2D eigenvalue weighted by atomic mass is 35.5. The Hall–Kier alpha value is -2.09. The quantitative estimate of drug-likeness (QED) is 0.665. The van der Waals surface area contributed by atoms with Crippen LogP contribution in [0.15, 0.2) is 41.3 Å². The molecule has 0 spiro atoms. The van der Waals surface area contributed by atoms with Crippen LogP contribution in [-0.4, -0.2) is 27.1 Å². The van der Waals surface area contributed by atoms with Crippen LogP contribution in [0.3, 0.4) is 0 Å². The largest absolute Gasteiger partial charge is 0.495 e.